The molecular formula is C15H9FN6O. The number of nitrogens with zero attached hydrogens (tertiary/aromatic N) is 5. The predicted molar refractivity (Wildman–Crippen MR) is 78.2 cm³/mol. The van der Waals surface area contributed by atoms with Crippen molar-refractivity contribution < 1.29 is 9.18 Å². The molecule has 0 atom stereocenters. The fourth-order valence-corrected chi connectivity index (χ4v) is 1.92. The molecule has 0 bridgehead atoms. The molecule has 3 rings (SSSR count). The molecule has 0 fully saturated rings. The van der Waals surface area contributed by atoms with Crippen LogP contribution in [0, 0.1) is 17.1 Å². The van der Waals surface area contributed by atoms with Crippen molar-refractivity contribution in [1.82, 2.24) is 20.2 Å². The molecule has 0 aliphatic rings. The maximum absolute atomic E-state index is 13.9. The average Bonchev–Trinajstić information content (AvgIpc) is 3.11. The molecule has 3 aromatic rings. The first-order chi connectivity index (χ1) is 11.2. The topological polar surface area (TPSA) is 96.5 Å². The first-order valence-corrected chi connectivity index (χ1v) is 6.52. The van der Waals surface area contributed by atoms with Gasteiger partial charge >= 0.3 is 0 Å². The van der Waals surface area contributed by atoms with Gasteiger partial charge in [0.1, 0.15) is 12.1 Å². The number of aromatic nitrogens is 4. The van der Waals surface area contributed by atoms with Gasteiger partial charge in [-0.15, -0.1) is 5.10 Å². The maximum Gasteiger partial charge on any atom is 0.255 e. The fourth-order valence-electron chi connectivity index (χ4n) is 1.92. The molecule has 0 spiro atoms. The van der Waals surface area contributed by atoms with E-state index in [0.29, 0.717) is 16.8 Å². The fraction of sp³-hybridized carbons (Fsp3) is 0. The Morgan fingerprint density at radius 3 is 2.65 bits per heavy atom. The summed E-state index contributed by atoms with van der Waals surface area (Å²) in [5, 5.41) is 21.9. The van der Waals surface area contributed by atoms with Gasteiger partial charge in [0.25, 0.3) is 5.91 Å². The summed E-state index contributed by atoms with van der Waals surface area (Å²) in [6, 6.07) is 12.1. The quantitative estimate of drug-likeness (QED) is 0.797. The second-order valence-electron chi connectivity index (χ2n) is 4.56. The highest BCUT2D eigenvalue weighted by Crippen LogP contribution is 2.19. The Morgan fingerprint density at radius 2 is 2.00 bits per heavy atom. The number of amides is 1. The van der Waals surface area contributed by atoms with Crippen LogP contribution in [-0.2, 0) is 0 Å². The Morgan fingerprint density at radius 1 is 1.22 bits per heavy atom. The molecule has 0 saturated heterocycles. The number of rotatable bonds is 3. The summed E-state index contributed by atoms with van der Waals surface area (Å²) in [6.45, 7) is 0. The molecular weight excluding hydrogens is 299 g/mol. The van der Waals surface area contributed by atoms with Crippen LogP contribution >= 0.6 is 0 Å². The van der Waals surface area contributed by atoms with E-state index in [1.807, 2.05) is 6.07 Å². The van der Waals surface area contributed by atoms with Crippen LogP contribution in [-0.4, -0.2) is 26.1 Å². The number of nitrogens with one attached hydrogen (secondary N) is 1. The maximum atomic E-state index is 13.9. The predicted octanol–water partition coefficient (Wildman–Crippen LogP) is 1.93. The highest BCUT2D eigenvalue weighted by atomic mass is 19.1. The highest BCUT2D eigenvalue weighted by molar-refractivity contribution is 6.04. The van der Waals surface area contributed by atoms with Crippen LogP contribution in [0.15, 0.2) is 48.8 Å². The van der Waals surface area contributed by atoms with Crippen LogP contribution in [0.3, 0.4) is 0 Å². The number of tetrazole rings is 1. The molecule has 8 heteroatoms. The minimum atomic E-state index is -0.580. The summed E-state index contributed by atoms with van der Waals surface area (Å²) in [5.74, 6) is -1.06. The van der Waals surface area contributed by atoms with Crippen molar-refractivity contribution in [3.05, 3.63) is 65.7 Å². The van der Waals surface area contributed by atoms with E-state index in [9.17, 15) is 9.18 Å². The molecule has 0 unspecified atom stereocenters. The standard InChI is InChI=1S/C15H9FN6O/c16-13-6-5-12(22-9-18-20-21-22)7-14(13)19-15(23)11-3-1-10(8-17)2-4-11/h1-7,9H,(H,19,23). The molecule has 112 valence electrons. The zero-order chi connectivity index (χ0) is 16.2. The molecule has 0 saturated carbocycles. The molecule has 7 nitrogen and oxygen atoms in total. The second kappa shape index (κ2) is 6.03. The number of carbonyl (C=O) groups excluding carboxylic acids is 1. The van der Waals surface area contributed by atoms with Crippen LogP contribution in [0.2, 0.25) is 0 Å². The SMILES string of the molecule is N#Cc1ccc(C(=O)Nc2cc(-n3cnnn3)ccc2F)cc1. The molecule has 0 radical (unpaired) electrons. The number of hydrogen-bond donors (Lipinski definition) is 1. The number of hydrogen-bond acceptors (Lipinski definition) is 5. The van der Waals surface area contributed by atoms with Gasteiger partial charge in [0, 0.05) is 5.56 Å². The third kappa shape index (κ3) is 3.03. The summed E-state index contributed by atoms with van der Waals surface area (Å²) < 4.78 is 15.2. The number of nitriles is 1. The van der Waals surface area contributed by atoms with Gasteiger partial charge < -0.3 is 5.32 Å². The average molecular weight is 308 g/mol. The summed E-state index contributed by atoms with van der Waals surface area (Å²) in [4.78, 5) is 12.2. The Balaban J connectivity index is 1.85. The van der Waals surface area contributed by atoms with Gasteiger partial charge in [0.2, 0.25) is 0 Å². The van der Waals surface area contributed by atoms with E-state index in [2.05, 4.69) is 20.8 Å². The number of anilines is 1. The van der Waals surface area contributed by atoms with Crippen molar-refractivity contribution in [3.8, 4) is 11.8 Å². The lowest BCUT2D eigenvalue weighted by molar-refractivity contribution is 0.102. The molecule has 1 aromatic heterocycles. The lowest BCUT2D eigenvalue weighted by atomic mass is 10.1. The summed E-state index contributed by atoms with van der Waals surface area (Å²) >= 11 is 0. The third-order valence-electron chi connectivity index (χ3n) is 3.09. The van der Waals surface area contributed by atoms with Crippen molar-refractivity contribution in [1.29, 1.82) is 5.26 Å². The van der Waals surface area contributed by atoms with Crippen LogP contribution in [0.4, 0.5) is 10.1 Å². The Bertz CT molecular complexity index is 883. The Labute approximate surface area is 130 Å². The summed E-state index contributed by atoms with van der Waals surface area (Å²) in [5.41, 5.74) is 1.27. The van der Waals surface area contributed by atoms with Crippen LogP contribution in [0.1, 0.15) is 15.9 Å². The zero-order valence-corrected chi connectivity index (χ0v) is 11.6. The van der Waals surface area contributed by atoms with E-state index < -0.39 is 11.7 Å². The van der Waals surface area contributed by atoms with E-state index in [-0.39, 0.29) is 5.69 Å². The van der Waals surface area contributed by atoms with Crippen LogP contribution < -0.4 is 5.32 Å². The van der Waals surface area contributed by atoms with Crippen molar-refractivity contribution in [2.24, 2.45) is 0 Å². The molecule has 2 aromatic carbocycles. The van der Waals surface area contributed by atoms with Crippen LogP contribution in [0.5, 0.6) is 0 Å². The summed E-state index contributed by atoms with van der Waals surface area (Å²) in [7, 11) is 0. The van der Waals surface area contributed by atoms with Gasteiger partial charge in [-0.3, -0.25) is 4.79 Å². The van der Waals surface area contributed by atoms with E-state index in [1.54, 1.807) is 0 Å². The number of carbonyl (C=O) groups is 1. The molecule has 1 N–H and O–H groups in total. The third-order valence-corrected chi connectivity index (χ3v) is 3.09. The zero-order valence-electron chi connectivity index (χ0n) is 11.6. The van der Waals surface area contributed by atoms with E-state index in [0.717, 1.165) is 0 Å². The van der Waals surface area contributed by atoms with Gasteiger partial charge in [0.05, 0.1) is 23.0 Å². The minimum absolute atomic E-state index is 0.00681. The molecule has 23 heavy (non-hydrogen) atoms. The van der Waals surface area contributed by atoms with Gasteiger partial charge in [0.15, 0.2) is 0 Å². The minimum Gasteiger partial charge on any atom is -0.319 e. The van der Waals surface area contributed by atoms with Crippen LogP contribution in [0.25, 0.3) is 5.69 Å². The largest absolute Gasteiger partial charge is 0.319 e. The van der Waals surface area contributed by atoms with E-state index in [1.165, 1.54) is 53.5 Å². The smallest absolute Gasteiger partial charge is 0.255 e. The van der Waals surface area contributed by atoms with Gasteiger partial charge in [-0.05, 0) is 52.9 Å². The Kier molecular flexibility index (Phi) is 3.76. The highest BCUT2D eigenvalue weighted by Gasteiger charge is 2.11. The van der Waals surface area contributed by atoms with Crippen molar-refractivity contribution in [3.63, 3.8) is 0 Å². The van der Waals surface area contributed by atoms with Gasteiger partial charge in [-0.1, -0.05) is 0 Å². The molecule has 0 aliphatic carbocycles. The lowest BCUT2D eigenvalue weighted by Gasteiger charge is -2.08. The van der Waals surface area contributed by atoms with E-state index >= 15 is 0 Å². The summed E-state index contributed by atoms with van der Waals surface area (Å²) in [6.07, 6.45) is 1.36. The number of halogens is 1. The van der Waals surface area contributed by atoms with E-state index in [4.69, 9.17) is 5.26 Å². The van der Waals surface area contributed by atoms with Gasteiger partial charge in [-0.2, -0.15) is 5.26 Å². The Hall–Kier alpha value is -3.60. The number of benzene rings is 2. The first-order valence-electron chi connectivity index (χ1n) is 6.52. The van der Waals surface area contributed by atoms with Crippen molar-refractivity contribution in [2.75, 3.05) is 5.32 Å². The molecule has 1 heterocycles. The first kappa shape index (κ1) is 14.3. The normalized spacial score (nSPS) is 10.1. The van der Waals surface area contributed by atoms with Crippen molar-refractivity contribution in [2.45, 2.75) is 0 Å². The lowest BCUT2D eigenvalue weighted by Crippen LogP contribution is -2.13. The monoisotopic (exact) mass is 308 g/mol. The second-order valence-corrected chi connectivity index (χ2v) is 4.56. The van der Waals surface area contributed by atoms with Gasteiger partial charge in [-0.25, -0.2) is 9.07 Å². The molecule has 1 amide bonds. The van der Waals surface area contributed by atoms with Crippen molar-refractivity contribution >= 4 is 11.6 Å². The molecule has 0 aliphatic heterocycles.